The summed E-state index contributed by atoms with van der Waals surface area (Å²) in [6.07, 6.45) is 0. The van der Waals surface area contributed by atoms with Gasteiger partial charge in [-0.25, -0.2) is 4.39 Å². The van der Waals surface area contributed by atoms with Crippen molar-refractivity contribution >= 4 is 5.91 Å². The number of nitrogens with two attached hydrogens (primary N) is 1. The first-order valence-corrected chi connectivity index (χ1v) is 5.64. The van der Waals surface area contributed by atoms with Crippen molar-refractivity contribution in [3.05, 3.63) is 0 Å². The van der Waals surface area contributed by atoms with Crippen LogP contribution in [0.1, 0.15) is 20.8 Å². The first-order valence-electron chi connectivity index (χ1n) is 5.64. The molecule has 1 aliphatic rings. The van der Waals surface area contributed by atoms with Gasteiger partial charge in [0.05, 0.1) is 5.54 Å². The Morgan fingerprint density at radius 1 is 1.56 bits per heavy atom. The van der Waals surface area contributed by atoms with E-state index in [2.05, 4.69) is 0 Å². The van der Waals surface area contributed by atoms with Gasteiger partial charge in [0.15, 0.2) is 0 Å². The van der Waals surface area contributed by atoms with E-state index in [-0.39, 0.29) is 6.54 Å². The maximum Gasteiger partial charge on any atom is 0.237 e. The number of carbonyl (C=O) groups is 1. The van der Waals surface area contributed by atoms with E-state index in [0.29, 0.717) is 13.1 Å². The molecule has 1 heterocycles. The largest absolute Gasteiger partial charge is 0.368 e. The molecule has 0 aromatic heterocycles. The van der Waals surface area contributed by atoms with E-state index in [1.54, 1.807) is 25.8 Å². The fraction of sp³-hybridized carbons (Fsp3) is 0.909. The van der Waals surface area contributed by atoms with Gasteiger partial charge < -0.3 is 5.73 Å². The van der Waals surface area contributed by atoms with Crippen LogP contribution in [0.25, 0.3) is 0 Å². The molecule has 2 N–H and O–H groups in total. The molecule has 1 aliphatic heterocycles. The SMILES string of the molecule is CCN1CC(F)(CN(C)C(C)(C)C(N)=O)C1. The van der Waals surface area contributed by atoms with Crippen molar-refractivity contribution < 1.29 is 9.18 Å². The lowest BCUT2D eigenvalue weighted by Crippen LogP contribution is -2.66. The maximum absolute atomic E-state index is 14.2. The number of rotatable bonds is 5. The number of amides is 1. The van der Waals surface area contributed by atoms with E-state index >= 15 is 0 Å². The summed E-state index contributed by atoms with van der Waals surface area (Å²) in [4.78, 5) is 15.0. The van der Waals surface area contributed by atoms with Gasteiger partial charge in [-0.05, 0) is 27.4 Å². The summed E-state index contributed by atoms with van der Waals surface area (Å²) in [6.45, 7) is 7.46. The van der Waals surface area contributed by atoms with E-state index in [4.69, 9.17) is 5.73 Å². The van der Waals surface area contributed by atoms with Gasteiger partial charge in [-0.2, -0.15) is 0 Å². The van der Waals surface area contributed by atoms with Crippen molar-refractivity contribution in [3.8, 4) is 0 Å². The highest BCUT2D eigenvalue weighted by Gasteiger charge is 2.45. The van der Waals surface area contributed by atoms with E-state index in [9.17, 15) is 9.18 Å². The van der Waals surface area contributed by atoms with Crippen molar-refractivity contribution in [2.45, 2.75) is 32.0 Å². The van der Waals surface area contributed by atoms with Crippen molar-refractivity contribution in [2.24, 2.45) is 5.73 Å². The minimum absolute atomic E-state index is 0.249. The van der Waals surface area contributed by atoms with Crippen LogP contribution in [0.15, 0.2) is 0 Å². The normalized spacial score (nSPS) is 20.9. The summed E-state index contributed by atoms with van der Waals surface area (Å²) in [5.41, 5.74) is 3.29. The van der Waals surface area contributed by atoms with E-state index < -0.39 is 17.1 Å². The van der Waals surface area contributed by atoms with E-state index in [1.807, 2.05) is 11.8 Å². The highest BCUT2D eigenvalue weighted by molar-refractivity contribution is 5.83. The average molecular weight is 231 g/mol. The minimum atomic E-state index is -1.20. The molecule has 5 heteroatoms. The molecule has 0 bridgehead atoms. The molecule has 1 rings (SSSR count). The highest BCUT2D eigenvalue weighted by atomic mass is 19.1. The average Bonchev–Trinajstić information content (AvgIpc) is 2.13. The van der Waals surface area contributed by atoms with Crippen molar-refractivity contribution in [1.29, 1.82) is 0 Å². The third-order valence-corrected chi connectivity index (χ3v) is 3.54. The number of carbonyl (C=O) groups excluding carboxylic acids is 1. The van der Waals surface area contributed by atoms with Crippen LogP contribution in [0.2, 0.25) is 0 Å². The monoisotopic (exact) mass is 231 g/mol. The molecular weight excluding hydrogens is 209 g/mol. The number of hydrogen-bond donors (Lipinski definition) is 1. The van der Waals surface area contributed by atoms with E-state index in [1.165, 1.54) is 0 Å². The first-order chi connectivity index (χ1) is 7.21. The number of nitrogens with zero attached hydrogens (tertiary/aromatic N) is 2. The molecule has 0 saturated carbocycles. The summed E-state index contributed by atoms with van der Waals surface area (Å²) >= 11 is 0. The lowest BCUT2D eigenvalue weighted by molar-refractivity contribution is -0.130. The number of alkyl halides is 1. The van der Waals surface area contributed by atoms with Crippen molar-refractivity contribution in [3.63, 3.8) is 0 Å². The van der Waals surface area contributed by atoms with Gasteiger partial charge >= 0.3 is 0 Å². The molecule has 16 heavy (non-hydrogen) atoms. The second-order valence-electron chi connectivity index (χ2n) is 5.23. The molecule has 94 valence electrons. The van der Waals surface area contributed by atoms with Gasteiger partial charge in [0.1, 0.15) is 5.67 Å². The zero-order valence-electron chi connectivity index (χ0n) is 10.6. The van der Waals surface area contributed by atoms with Crippen LogP contribution >= 0.6 is 0 Å². The summed E-state index contributed by atoms with van der Waals surface area (Å²) in [7, 11) is 1.74. The summed E-state index contributed by atoms with van der Waals surface area (Å²) < 4.78 is 14.2. The molecule has 1 saturated heterocycles. The second kappa shape index (κ2) is 4.30. The Kier molecular flexibility index (Phi) is 3.59. The molecule has 0 atom stereocenters. The Morgan fingerprint density at radius 3 is 2.44 bits per heavy atom. The predicted octanol–water partition coefficient (Wildman–Crippen LogP) is 0.226. The van der Waals surface area contributed by atoms with Gasteiger partial charge in [0.25, 0.3) is 0 Å². The Balaban J connectivity index is 2.53. The van der Waals surface area contributed by atoms with Crippen LogP contribution < -0.4 is 5.73 Å². The fourth-order valence-electron chi connectivity index (χ4n) is 1.89. The molecule has 0 spiro atoms. The van der Waals surface area contributed by atoms with Crippen molar-refractivity contribution in [1.82, 2.24) is 9.80 Å². The topological polar surface area (TPSA) is 49.6 Å². The molecule has 1 amide bonds. The smallest absolute Gasteiger partial charge is 0.237 e. The van der Waals surface area contributed by atoms with Crippen LogP contribution in [0.4, 0.5) is 4.39 Å². The molecule has 0 unspecified atom stereocenters. The van der Waals surface area contributed by atoms with Gasteiger partial charge in [-0.15, -0.1) is 0 Å². The first kappa shape index (κ1) is 13.4. The number of halogens is 1. The van der Waals surface area contributed by atoms with Gasteiger partial charge in [0, 0.05) is 19.6 Å². The van der Waals surface area contributed by atoms with Crippen LogP contribution in [-0.2, 0) is 4.79 Å². The standard InChI is InChI=1S/C11H22FN3O/c1-5-15-7-11(12,8-15)6-14(4)10(2,3)9(13)16/h5-8H2,1-4H3,(H2,13,16). The van der Waals surface area contributed by atoms with Gasteiger partial charge in [-0.3, -0.25) is 14.6 Å². The number of primary amides is 1. The zero-order valence-corrected chi connectivity index (χ0v) is 10.6. The fourth-order valence-corrected chi connectivity index (χ4v) is 1.89. The van der Waals surface area contributed by atoms with Gasteiger partial charge in [-0.1, -0.05) is 6.92 Å². The molecular formula is C11H22FN3O. The second-order valence-corrected chi connectivity index (χ2v) is 5.23. The van der Waals surface area contributed by atoms with E-state index in [0.717, 1.165) is 6.54 Å². The highest BCUT2D eigenvalue weighted by Crippen LogP contribution is 2.27. The number of likely N-dealkylation sites (tertiary alicyclic amines) is 1. The Morgan fingerprint density at radius 2 is 2.06 bits per heavy atom. The Hall–Kier alpha value is -0.680. The summed E-state index contributed by atoms with van der Waals surface area (Å²) in [6, 6.07) is 0. The van der Waals surface area contributed by atoms with Crippen LogP contribution in [0.3, 0.4) is 0 Å². The maximum atomic E-state index is 14.2. The lowest BCUT2D eigenvalue weighted by Gasteiger charge is -2.47. The Labute approximate surface area is 96.6 Å². The van der Waals surface area contributed by atoms with Crippen LogP contribution in [-0.4, -0.2) is 60.1 Å². The zero-order chi connectivity index (χ0) is 12.6. The number of hydrogen-bond acceptors (Lipinski definition) is 3. The quantitative estimate of drug-likeness (QED) is 0.736. The molecule has 0 radical (unpaired) electrons. The summed E-state index contributed by atoms with van der Waals surface area (Å²) in [5, 5.41) is 0. The molecule has 0 aromatic rings. The van der Waals surface area contributed by atoms with Crippen LogP contribution in [0, 0.1) is 0 Å². The summed E-state index contributed by atoms with van der Waals surface area (Å²) in [5.74, 6) is -0.426. The molecule has 0 aliphatic carbocycles. The minimum Gasteiger partial charge on any atom is -0.368 e. The van der Waals surface area contributed by atoms with Gasteiger partial charge in [0.2, 0.25) is 5.91 Å². The molecule has 4 nitrogen and oxygen atoms in total. The molecule has 0 aromatic carbocycles. The predicted molar refractivity (Wildman–Crippen MR) is 61.9 cm³/mol. The lowest BCUT2D eigenvalue weighted by atomic mass is 9.93. The van der Waals surface area contributed by atoms with Crippen molar-refractivity contribution in [2.75, 3.05) is 33.2 Å². The third-order valence-electron chi connectivity index (χ3n) is 3.54. The number of likely N-dealkylation sites (N-methyl/N-ethyl adjacent to an activating group) is 1. The van der Waals surface area contributed by atoms with Crippen LogP contribution in [0.5, 0.6) is 0 Å². The Bertz CT molecular complexity index is 274. The molecule has 1 fully saturated rings. The third kappa shape index (κ3) is 2.52.